The molecule has 5 aliphatic rings. The van der Waals surface area contributed by atoms with Crippen molar-refractivity contribution in [1.82, 2.24) is 0 Å². The smallest absolute Gasteiger partial charge is 0.0288 e. The Morgan fingerprint density at radius 2 is 1.46 bits per heavy atom. The lowest BCUT2D eigenvalue weighted by Crippen LogP contribution is -2.45. The van der Waals surface area contributed by atoms with Gasteiger partial charge in [0.15, 0.2) is 0 Å². The molecule has 39 heavy (non-hydrogen) atoms. The molecule has 2 aromatic carbocycles. The minimum Gasteiger partial charge on any atom is -0.0739 e. The molecular formula is C37H54Si2. The van der Waals surface area contributed by atoms with Crippen LogP contribution >= 0.6 is 0 Å². The average molecular weight is 555 g/mol. The van der Waals surface area contributed by atoms with E-state index in [-0.39, 0.29) is 0 Å². The van der Waals surface area contributed by atoms with Gasteiger partial charge in [0.1, 0.15) is 0 Å². The van der Waals surface area contributed by atoms with Gasteiger partial charge in [-0.2, -0.15) is 0 Å². The molecule has 4 fully saturated rings. The van der Waals surface area contributed by atoms with Crippen molar-refractivity contribution >= 4 is 16.6 Å². The molecular weight excluding hydrogens is 501 g/mol. The summed E-state index contributed by atoms with van der Waals surface area (Å²) in [6, 6.07) is 19.1. The van der Waals surface area contributed by atoms with E-state index in [9.17, 15) is 0 Å². The molecule has 2 aromatic rings. The maximum atomic E-state index is 2.91. The highest BCUT2D eigenvalue weighted by atomic mass is 29.2. The van der Waals surface area contributed by atoms with Crippen LogP contribution in [0.25, 0.3) is 11.1 Å². The Morgan fingerprint density at radius 1 is 0.744 bits per heavy atom. The van der Waals surface area contributed by atoms with Gasteiger partial charge in [-0.15, -0.1) is 0 Å². The first-order chi connectivity index (χ1) is 19.1. The fourth-order valence-corrected chi connectivity index (χ4v) is 25.1. The number of unbranched alkanes of at least 4 members (excludes halogenated alkanes) is 1. The molecule has 11 atom stereocenters. The number of benzene rings is 2. The van der Waals surface area contributed by atoms with Gasteiger partial charge in [0.2, 0.25) is 0 Å². The van der Waals surface area contributed by atoms with Crippen molar-refractivity contribution in [3.63, 3.8) is 0 Å². The van der Waals surface area contributed by atoms with Crippen LogP contribution in [-0.2, 0) is 0 Å². The lowest BCUT2D eigenvalue weighted by atomic mass is 9.58. The molecule has 0 aromatic heterocycles. The Labute approximate surface area is 242 Å². The predicted octanol–water partition coefficient (Wildman–Crippen LogP) is 10.0. The maximum Gasteiger partial charge on any atom is 0.0288 e. The molecule has 0 heterocycles. The highest BCUT2D eigenvalue weighted by Crippen LogP contribution is 2.66. The predicted molar refractivity (Wildman–Crippen MR) is 174 cm³/mol. The fraction of sp³-hybridized carbons (Fsp3) is 0.676. The third-order valence-electron chi connectivity index (χ3n) is 13.6. The van der Waals surface area contributed by atoms with Gasteiger partial charge in [0.05, 0.1) is 0 Å². The number of hydrogen-bond acceptors (Lipinski definition) is 0. The third kappa shape index (κ3) is 4.50. The molecule has 7 rings (SSSR count). The van der Waals surface area contributed by atoms with Crippen LogP contribution in [0.15, 0.2) is 48.5 Å². The van der Waals surface area contributed by atoms with Crippen molar-refractivity contribution in [3.05, 3.63) is 59.7 Å². The SMILES string of the molecule is CCCCC1CCC([SiH](C)[SiH](C)C2C(C)CC3C2CC2CCCC2C3C2c3ccccc3-c3ccccc32)C1. The first-order valence-electron chi connectivity index (χ1n) is 17.2. The van der Waals surface area contributed by atoms with Crippen LogP contribution in [0.4, 0.5) is 0 Å². The van der Waals surface area contributed by atoms with Gasteiger partial charge in [-0.25, -0.2) is 0 Å². The highest BCUT2D eigenvalue weighted by molar-refractivity contribution is 7.22. The van der Waals surface area contributed by atoms with Crippen molar-refractivity contribution in [2.45, 2.75) is 115 Å². The average Bonchev–Trinajstić information content (AvgIpc) is 3.74. The molecule has 0 amide bonds. The van der Waals surface area contributed by atoms with Crippen LogP contribution in [0, 0.1) is 41.4 Å². The van der Waals surface area contributed by atoms with Crippen molar-refractivity contribution in [2.24, 2.45) is 41.4 Å². The lowest BCUT2D eigenvalue weighted by Gasteiger charge is -2.48. The fourth-order valence-electron chi connectivity index (χ4n) is 11.9. The number of fused-ring (bicyclic) bond motifs is 5. The van der Waals surface area contributed by atoms with E-state index < -0.39 is 16.6 Å². The minimum atomic E-state index is -0.704. The normalized spacial score (nSPS) is 38.7. The summed E-state index contributed by atoms with van der Waals surface area (Å²) in [4.78, 5) is 0. The summed E-state index contributed by atoms with van der Waals surface area (Å²) in [6.45, 7) is 10.9. The Balaban J connectivity index is 1.19. The van der Waals surface area contributed by atoms with Gasteiger partial charge in [-0.3, -0.25) is 0 Å². The lowest BCUT2D eigenvalue weighted by molar-refractivity contribution is 0.0616. The van der Waals surface area contributed by atoms with E-state index >= 15 is 0 Å². The summed E-state index contributed by atoms with van der Waals surface area (Å²) in [5.41, 5.74) is 8.81. The van der Waals surface area contributed by atoms with E-state index in [1.807, 2.05) is 0 Å². The first-order valence-corrected chi connectivity index (χ1v) is 23.6. The molecule has 4 saturated carbocycles. The Bertz CT molecular complexity index is 1110. The quantitative estimate of drug-likeness (QED) is 0.299. The zero-order chi connectivity index (χ0) is 26.7. The molecule has 0 bridgehead atoms. The van der Waals surface area contributed by atoms with Crippen molar-refractivity contribution in [3.8, 4) is 11.1 Å². The Kier molecular flexibility index (Phi) is 7.50. The van der Waals surface area contributed by atoms with Crippen LogP contribution < -0.4 is 0 Å². The molecule has 210 valence electrons. The van der Waals surface area contributed by atoms with Crippen molar-refractivity contribution < 1.29 is 0 Å². The van der Waals surface area contributed by atoms with E-state index in [0.717, 1.165) is 47.0 Å². The summed E-state index contributed by atoms with van der Waals surface area (Å²) in [5.74, 6) is 7.64. The van der Waals surface area contributed by atoms with Gasteiger partial charge in [0.25, 0.3) is 0 Å². The topological polar surface area (TPSA) is 0 Å². The van der Waals surface area contributed by atoms with Crippen LogP contribution in [0.1, 0.15) is 102 Å². The summed E-state index contributed by atoms with van der Waals surface area (Å²) in [7, 11) is -1.33. The second-order valence-electron chi connectivity index (χ2n) is 15.2. The molecule has 5 aliphatic carbocycles. The van der Waals surface area contributed by atoms with Gasteiger partial charge in [-0.05, 0) is 88.5 Å². The summed E-state index contributed by atoms with van der Waals surface area (Å²) in [6.07, 6.45) is 16.9. The monoisotopic (exact) mass is 554 g/mol. The Morgan fingerprint density at radius 3 is 2.18 bits per heavy atom. The van der Waals surface area contributed by atoms with Gasteiger partial charge < -0.3 is 0 Å². The molecule has 0 saturated heterocycles. The van der Waals surface area contributed by atoms with Gasteiger partial charge in [0, 0.05) is 22.5 Å². The molecule has 0 nitrogen and oxygen atoms in total. The number of hydrogen-bond donors (Lipinski definition) is 0. The standard InChI is InChI=1S/C37H54Si2/c1-5-6-12-25-19-20-27(22-25)38(3)39(4)37-24(2)21-33-34(37)23-26-13-11-18-28(26)35(33)36-31-16-9-7-14-29(31)30-15-8-10-17-32(30)36/h7-10,14-17,24-28,33-39H,5-6,11-13,18-23H2,1-4H3. The second-order valence-corrected chi connectivity index (χ2v) is 26.7. The van der Waals surface area contributed by atoms with E-state index in [0.29, 0.717) is 5.92 Å². The molecule has 0 N–H and O–H groups in total. The highest BCUT2D eigenvalue weighted by Gasteiger charge is 2.57. The van der Waals surface area contributed by atoms with E-state index in [1.54, 1.807) is 54.4 Å². The molecule has 0 aliphatic heterocycles. The first kappa shape index (κ1) is 26.8. The van der Waals surface area contributed by atoms with Crippen LogP contribution in [0.5, 0.6) is 0 Å². The zero-order valence-corrected chi connectivity index (χ0v) is 27.6. The molecule has 0 spiro atoms. The molecule has 11 unspecified atom stereocenters. The van der Waals surface area contributed by atoms with Crippen LogP contribution in [-0.4, -0.2) is 16.6 Å². The molecule has 0 radical (unpaired) electrons. The second kappa shape index (κ2) is 10.9. The van der Waals surface area contributed by atoms with E-state index in [4.69, 9.17) is 0 Å². The zero-order valence-electron chi connectivity index (χ0n) is 25.3. The summed E-state index contributed by atoms with van der Waals surface area (Å²) >= 11 is 0. The molecule has 2 heteroatoms. The van der Waals surface area contributed by atoms with Crippen molar-refractivity contribution in [2.75, 3.05) is 0 Å². The van der Waals surface area contributed by atoms with E-state index in [2.05, 4.69) is 75.5 Å². The van der Waals surface area contributed by atoms with E-state index in [1.165, 1.54) is 44.1 Å². The Hall–Kier alpha value is -1.13. The summed E-state index contributed by atoms with van der Waals surface area (Å²) in [5, 5.41) is 0. The number of rotatable bonds is 7. The third-order valence-corrected chi connectivity index (χ3v) is 27.7. The maximum absolute atomic E-state index is 2.91. The van der Waals surface area contributed by atoms with Crippen molar-refractivity contribution in [1.29, 1.82) is 0 Å². The van der Waals surface area contributed by atoms with Crippen LogP contribution in [0.3, 0.4) is 0 Å². The van der Waals surface area contributed by atoms with Crippen LogP contribution in [0.2, 0.25) is 24.2 Å². The summed E-state index contributed by atoms with van der Waals surface area (Å²) < 4.78 is 0. The minimum absolute atomic E-state index is 0.626. The van der Waals surface area contributed by atoms with Gasteiger partial charge >= 0.3 is 0 Å². The van der Waals surface area contributed by atoms with Gasteiger partial charge in [-0.1, -0.05) is 132 Å². The largest absolute Gasteiger partial charge is 0.0739 e.